The highest BCUT2D eigenvalue weighted by atomic mass is 16.5. The molecule has 1 rings (SSSR count). The average Bonchev–Trinajstić information content (AvgIpc) is 2.37. The van der Waals surface area contributed by atoms with Crippen molar-refractivity contribution in [3.05, 3.63) is 29.3 Å². The van der Waals surface area contributed by atoms with E-state index in [-0.39, 0.29) is 31.0 Å². The molecule has 0 aliphatic rings. The molecule has 1 aromatic rings. The third kappa shape index (κ3) is 4.68. The van der Waals surface area contributed by atoms with Gasteiger partial charge in [0.15, 0.2) is 6.61 Å². The van der Waals surface area contributed by atoms with Crippen LogP contribution in [0.15, 0.2) is 18.2 Å². The summed E-state index contributed by atoms with van der Waals surface area (Å²) < 4.78 is 5.26. The van der Waals surface area contributed by atoms with Gasteiger partial charge in [-0.2, -0.15) is 5.26 Å². The molecule has 0 atom stereocenters. The second-order valence-electron chi connectivity index (χ2n) is 3.83. The summed E-state index contributed by atoms with van der Waals surface area (Å²) >= 11 is 0. The first-order valence-electron chi connectivity index (χ1n) is 5.65. The van der Waals surface area contributed by atoms with Crippen molar-refractivity contribution in [3.63, 3.8) is 0 Å². The minimum atomic E-state index is -1.05. The van der Waals surface area contributed by atoms with E-state index in [1.807, 2.05) is 6.07 Å². The number of carbonyl (C=O) groups excluding carboxylic acids is 1. The number of nitrogens with one attached hydrogen (secondary N) is 1. The molecule has 0 saturated heterocycles. The second kappa shape index (κ2) is 7.01. The third-order valence-electron chi connectivity index (χ3n) is 2.35. The summed E-state index contributed by atoms with van der Waals surface area (Å²) in [5.74, 6) is -1.05. The maximum Gasteiger partial charge on any atom is 0.335 e. The van der Waals surface area contributed by atoms with Crippen LogP contribution in [-0.4, -0.2) is 30.1 Å². The molecule has 6 heteroatoms. The van der Waals surface area contributed by atoms with E-state index in [9.17, 15) is 9.59 Å². The van der Waals surface area contributed by atoms with Crippen molar-refractivity contribution < 1.29 is 19.4 Å². The largest absolute Gasteiger partial charge is 0.483 e. The van der Waals surface area contributed by atoms with Gasteiger partial charge in [0.05, 0.1) is 18.1 Å². The molecule has 0 saturated carbocycles. The van der Waals surface area contributed by atoms with E-state index < -0.39 is 5.97 Å². The highest BCUT2D eigenvalue weighted by molar-refractivity contribution is 5.88. The highest BCUT2D eigenvalue weighted by Gasteiger charge is 2.08. The van der Waals surface area contributed by atoms with Crippen LogP contribution < -0.4 is 10.1 Å². The van der Waals surface area contributed by atoms with E-state index in [0.717, 1.165) is 5.56 Å². The Balaban J connectivity index is 2.57. The Morgan fingerprint density at radius 1 is 1.47 bits per heavy atom. The van der Waals surface area contributed by atoms with Crippen molar-refractivity contribution in [1.82, 2.24) is 5.32 Å². The van der Waals surface area contributed by atoms with E-state index in [0.29, 0.717) is 5.75 Å². The van der Waals surface area contributed by atoms with Gasteiger partial charge in [-0.1, -0.05) is 6.07 Å². The van der Waals surface area contributed by atoms with Crippen LogP contribution in [-0.2, 0) is 4.79 Å². The van der Waals surface area contributed by atoms with Crippen LogP contribution in [0.2, 0.25) is 0 Å². The first-order chi connectivity index (χ1) is 9.04. The molecule has 100 valence electrons. The number of carboxylic acids is 1. The van der Waals surface area contributed by atoms with Crippen LogP contribution in [0.5, 0.6) is 5.75 Å². The summed E-state index contributed by atoms with van der Waals surface area (Å²) in [7, 11) is 0. The zero-order chi connectivity index (χ0) is 14.3. The SMILES string of the molecule is Cc1ccc(C(=O)O)cc1OCC(=O)NCCC#N. The predicted octanol–water partition coefficient (Wildman–Crippen LogP) is 1.10. The normalized spacial score (nSPS) is 9.47. The van der Waals surface area contributed by atoms with E-state index in [2.05, 4.69) is 5.32 Å². The summed E-state index contributed by atoms with van der Waals surface area (Å²) in [4.78, 5) is 22.2. The Hall–Kier alpha value is -2.55. The Bertz CT molecular complexity index is 520. The number of aryl methyl sites for hydroxylation is 1. The number of nitriles is 1. The zero-order valence-electron chi connectivity index (χ0n) is 10.5. The fraction of sp³-hybridized carbons (Fsp3) is 0.308. The van der Waals surface area contributed by atoms with Gasteiger partial charge < -0.3 is 15.2 Å². The fourth-order valence-electron chi connectivity index (χ4n) is 1.34. The average molecular weight is 262 g/mol. The maximum absolute atomic E-state index is 11.4. The number of benzene rings is 1. The number of carbonyl (C=O) groups is 2. The van der Waals surface area contributed by atoms with Crippen molar-refractivity contribution in [2.45, 2.75) is 13.3 Å². The monoisotopic (exact) mass is 262 g/mol. The molecule has 1 aromatic carbocycles. The molecule has 0 fully saturated rings. The quantitative estimate of drug-likeness (QED) is 0.748. The number of rotatable bonds is 6. The standard InChI is InChI=1S/C13H14N2O4/c1-9-3-4-10(13(17)18)7-11(9)19-8-12(16)15-6-2-5-14/h3-4,7H,2,6,8H2,1H3,(H,15,16)(H,17,18). The number of hydrogen-bond acceptors (Lipinski definition) is 4. The first kappa shape index (κ1) is 14.5. The summed E-state index contributed by atoms with van der Waals surface area (Å²) in [6.07, 6.45) is 0.235. The zero-order valence-corrected chi connectivity index (χ0v) is 10.5. The van der Waals surface area contributed by atoms with Crippen LogP contribution in [0.25, 0.3) is 0 Å². The summed E-state index contributed by atoms with van der Waals surface area (Å²) in [5.41, 5.74) is 0.848. The molecule has 0 unspecified atom stereocenters. The lowest BCUT2D eigenvalue weighted by molar-refractivity contribution is -0.123. The number of hydrogen-bond donors (Lipinski definition) is 2. The van der Waals surface area contributed by atoms with Gasteiger partial charge in [0.2, 0.25) is 0 Å². The van der Waals surface area contributed by atoms with E-state index in [1.54, 1.807) is 13.0 Å². The number of aromatic carboxylic acids is 1. The first-order valence-corrected chi connectivity index (χ1v) is 5.65. The van der Waals surface area contributed by atoms with Gasteiger partial charge in [0.25, 0.3) is 5.91 Å². The van der Waals surface area contributed by atoms with Crippen molar-refractivity contribution in [3.8, 4) is 11.8 Å². The predicted molar refractivity (Wildman–Crippen MR) is 66.9 cm³/mol. The van der Waals surface area contributed by atoms with Crippen LogP contribution in [0.1, 0.15) is 22.3 Å². The minimum Gasteiger partial charge on any atom is -0.483 e. The summed E-state index contributed by atoms with van der Waals surface area (Å²) in [6, 6.07) is 6.37. The van der Waals surface area contributed by atoms with Crippen LogP contribution in [0.3, 0.4) is 0 Å². The maximum atomic E-state index is 11.4. The van der Waals surface area contributed by atoms with Gasteiger partial charge in [0.1, 0.15) is 5.75 Å². The summed E-state index contributed by atoms with van der Waals surface area (Å²) in [5, 5.41) is 19.7. The van der Waals surface area contributed by atoms with E-state index in [1.165, 1.54) is 12.1 Å². The number of ether oxygens (including phenoxy) is 1. The topological polar surface area (TPSA) is 99.4 Å². The van der Waals surface area contributed by atoms with E-state index >= 15 is 0 Å². The van der Waals surface area contributed by atoms with Gasteiger partial charge in [-0.05, 0) is 24.6 Å². The molecule has 6 nitrogen and oxygen atoms in total. The number of amides is 1. The van der Waals surface area contributed by atoms with Crippen molar-refractivity contribution in [2.24, 2.45) is 0 Å². The molecular formula is C13H14N2O4. The van der Waals surface area contributed by atoms with Gasteiger partial charge in [-0.25, -0.2) is 4.79 Å². The molecule has 0 aromatic heterocycles. The molecule has 1 amide bonds. The van der Waals surface area contributed by atoms with Gasteiger partial charge in [-0.15, -0.1) is 0 Å². The number of carboxylic acid groups (broad SMARTS) is 1. The van der Waals surface area contributed by atoms with Gasteiger partial charge in [-0.3, -0.25) is 4.79 Å². The molecular weight excluding hydrogens is 248 g/mol. The molecule has 0 heterocycles. The third-order valence-corrected chi connectivity index (χ3v) is 2.35. The van der Waals surface area contributed by atoms with Crippen LogP contribution >= 0.6 is 0 Å². The molecule has 0 aliphatic heterocycles. The molecule has 0 spiro atoms. The molecule has 2 N–H and O–H groups in total. The Morgan fingerprint density at radius 3 is 2.84 bits per heavy atom. The summed E-state index contributed by atoms with van der Waals surface area (Å²) in [6.45, 7) is 1.82. The second-order valence-corrected chi connectivity index (χ2v) is 3.83. The van der Waals surface area contributed by atoms with Crippen LogP contribution in [0, 0.1) is 18.3 Å². The highest BCUT2D eigenvalue weighted by Crippen LogP contribution is 2.19. The fourth-order valence-corrected chi connectivity index (χ4v) is 1.34. The van der Waals surface area contributed by atoms with Crippen LogP contribution in [0.4, 0.5) is 0 Å². The molecule has 0 aliphatic carbocycles. The lowest BCUT2D eigenvalue weighted by Gasteiger charge is -2.09. The molecule has 19 heavy (non-hydrogen) atoms. The Kier molecular flexibility index (Phi) is 5.35. The van der Waals surface area contributed by atoms with E-state index in [4.69, 9.17) is 15.1 Å². The molecule has 0 radical (unpaired) electrons. The molecule has 0 bridgehead atoms. The van der Waals surface area contributed by atoms with Crippen molar-refractivity contribution in [2.75, 3.05) is 13.2 Å². The smallest absolute Gasteiger partial charge is 0.335 e. The Morgan fingerprint density at radius 2 is 2.21 bits per heavy atom. The lowest BCUT2D eigenvalue weighted by atomic mass is 10.1. The van der Waals surface area contributed by atoms with Crippen molar-refractivity contribution in [1.29, 1.82) is 5.26 Å². The van der Waals surface area contributed by atoms with Gasteiger partial charge in [0, 0.05) is 6.54 Å². The Labute approximate surface area is 110 Å². The lowest BCUT2D eigenvalue weighted by Crippen LogP contribution is -2.29. The number of nitrogens with zero attached hydrogens (tertiary/aromatic N) is 1. The minimum absolute atomic E-state index is 0.102. The van der Waals surface area contributed by atoms with Gasteiger partial charge >= 0.3 is 5.97 Å². The van der Waals surface area contributed by atoms with Crippen molar-refractivity contribution >= 4 is 11.9 Å².